The van der Waals surface area contributed by atoms with Crippen LogP contribution in [0.15, 0.2) is 182 Å². The smallest absolute Gasteiger partial charge is 0.0652 e. The summed E-state index contributed by atoms with van der Waals surface area (Å²) in [7, 11) is 0. The summed E-state index contributed by atoms with van der Waals surface area (Å²) in [6, 6.07) is 26.0. The fraction of sp³-hybridized carbons (Fsp3) is 0. The van der Waals surface area contributed by atoms with Crippen LogP contribution in [-0.2, 0) is 0 Å². The van der Waals surface area contributed by atoms with Gasteiger partial charge >= 0.3 is 0 Å². The van der Waals surface area contributed by atoms with Gasteiger partial charge in [0.2, 0.25) is 0 Å². The van der Waals surface area contributed by atoms with Crippen LogP contribution >= 0.6 is 0 Å². The first-order valence-corrected chi connectivity index (χ1v) is 16.8. The van der Waals surface area contributed by atoms with E-state index in [0.717, 1.165) is 27.5 Å². The number of aromatic nitrogens is 4. The lowest BCUT2D eigenvalue weighted by Crippen LogP contribution is -2.00. The number of rotatable bonds is 4. The molecule has 0 fully saturated rings. The van der Waals surface area contributed by atoms with E-state index in [9.17, 15) is 12.3 Å². The summed E-state index contributed by atoms with van der Waals surface area (Å²) in [6.45, 7) is 0. The third-order valence-electron chi connectivity index (χ3n) is 10.1. The normalized spacial score (nSPS) is 15.7. The van der Waals surface area contributed by atoms with Crippen molar-refractivity contribution in [3.8, 4) is 22.7 Å². The van der Waals surface area contributed by atoms with E-state index >= 15 is 0 Å². The third kappa shape index (κ3) is 3.60. The maximum absolute atomic E-state index is 9.94. The molecular weight excluding hydrogens is 633 g/mol. The summed E-state index contributed by atoms with van der Waals surface area (Å²) in [4.78, 5) is 0. The van der Waals surface area contributed by atoms with Crippen molar-refractivity contribution in [3.63, 3.8) is 0 Å². The topological polar surface area (TPSA) is 19.7 Å². The highest BCUT2D eigenvalue weighted by Gasteiger charge is 2.23. The van der Waals surface area contributed by atoms with E-state index in [4.69, 9.17) is 5.48 Å². The monoisotopic (exact) mass is 675 g/mol. The molecule has 0 aliphatic carbocycles. The third-order valence-corrected chi connectivity index (χ3v) is 10.1. The maximum atomic E-state index is 9.94. The predicted octanol–water partition coefficient (Wildman–Crippen LogP) is 12.4. The molecule has 0 bridgehead atoms. The Balaban J connectivity index is 1.24. The van der Waals surface area contributed by atoms with E-state index in [1.54, 1.807) is 41.0 Å². The van der Waals surface area contributed by atoms with Crippen molar-refractivity contribution in [2.75, 3.05) is 0 Å². The van der Waals surface area contributed by atoms with Crippen molar-refractivity contribution in [2.45, 2.75) is 0 Å². The zero-order valence-electron chi connectivity index (χ0n) is 40.1. The Bertz CT molecular complexity index is 3970. The fourth-order valence-electron chi connectivity index (χ4n) is 8.05. The lowest BCUT2D eigenvalue weighted by molar-refractivity contribution is 1.13. The molecule has 52 heavy (non-hydrogen) atoms. The van der Waals surface area contributed by atoms with Gasteiger partial charge in [-0.3, -0.25) is 0 Å². The van der Waals surface area contributed by atoms with E-state index < -0.39 is 66.5 Å². The highest BCUT2D eigenvalue weighted by Crippen LogP contribution is 2.43. The van der Waals surface area contributed by atoms with Gasteiger partial charge in [-0.05, 0) is 90.8 Å². The van der Waals surface area contributed by atoms with Crippen LogP contribution in [0, 0.1) is 0 Å². The summed E-state index contributed by atoms with van der Waals surface area (Å²) >= 11 is 0. The lowest BCUT2D eigenvalue weighted by atomic mass is 10.1. The standard InChI is InChI=1S/C48H30N4/c1-2-13-31(14-3-1)49-41-22-9-6-19-37(41)38-30-34(27-28-42(38)49)52-45-25-11-23-43-47(45)48-44(24-12-26-46(48)52)51(43)33-16-10-15-32(29-33)50-39-20-7-4-17-35(39)36-18-5-8-21-40(36)50/h1-30H/i6D,9D,11D,12D,19D,22D,23D,24D,25D,26D,27D,28D,30D. The molecule has 8 aromatic carbocycles. The molecule has 4 heterocycles. The first-order valence-electron chi connectivity index (χ1n) is 23.3. The Labute approximate surface area is 316 Å². The summed E-state index contributed by atoms with van der Waals surface area (Å²) in [5, 5.41) is 2.34. The SMILES string of the molecule is [2H]c1c([2H])c([2H])c2c(c1[2H])c1c([2H])c(-n3c4c([2H])c([2H])c([2H])c5c4c4c(c([2H])c([2H])c([2H])c43)n5-c3cccc(-n4c5ccccc5c5ccccc54)c3)c([2H])c([2H])c1n2-c1ccccc1. The molecule has 4 nitrogen and oxygen atoms in total. The number of nitrogens with zero attached hydrogens (tertiary/aromatic N) is 4. The van der Waals surface area contributed by atoms with Crippen molar-refractivity contribution in [2.24, 2.45) is 0 Å². The molecule has 0 amide bonds. The maximum Gasteiger partial charge on any atom is 0.0652 e. The van der Waals surface area contributed by atoms with Gasteiger partial charge in [-0.1, -0.05) is 90.9 Å². The molecular formula is C48H30N4. The van der Waals surface area contributed by atoms with Gasteiger partial charge in [0.25, 0.3) is 0 Å². The molecule has 12 rings (SSSR count). The summed E-state index contributed by atoms with van der Waals surface area (Å²) in [5.41, 5.74) is 3.25. The highest BCUT2D eigenvalue weighted by molar-refractivity contribution is 6.25. The largest absolute Gasteiger partial charge is 0.309 e. The minimum absolute atomic E-state index is 0.00983. The molecule has 12 aromatic rings. The van der Waals surface area contributed by atoms with Crippen LogP contribution in [0.25, 0.3) is 99.2 Å². The molecule has 0 N–H and O–H groups in total. The Morgan fingerprint density at radius 2 is 0.788 bits per heavy atom. The minimum Gasteiger partial charge on any atom is -0.309 e. The van der Waals surface area contributed by atoms with Gasteiger partial charge in [-0.2, -0.15) is 0 Å². The van der Waals surface area contributed by atoms with E-state index in [2.05, 4.69) is 16.7 Å². The number of para-hydroxylation sites is 4. The van der Waals surface area contributed by atoms with Crippen molar-refractivity contribution in [1.82, 2.24) is 18.3 Å². The van der Waals surface area contributed by atoms with E-state index in [-0.39, 0.29) is 72.4 Å². The molecule has 0 radical (unpaired) electrons. The second-order valence-corrected chi connectivity index (χ2v) is 12.8. The summed E-state index contributed by atoms with van der Waals surface area (Å²) in [5.74, 6) is 0. The molecule has 0 aliphatic rings. The second-order valence-electron chi connectivity index (χ2n) is 12.8. The van der Waals surface area contributed by atoms with Gasteiger partial charge in [0.05, 0.1) is 62.0 Å². The van der Waals surface area contributed by atoms with Gasteiger partial charge in [-0.25, -0.2) is 0 Å². The van der Waals surface area contributed by atoms with Gasteiger partial charge in [0.1, 0.15) is 0 Å². The quantitative estimate of drug-likeness (QED) is 0.177. The summed E-state index contributed by atoms with van der Waals surface area (Å²) in [6.07, 6.45) is 0. The highest BCUT2D eigenvalue weighted by atomic mass is 15.0. The van der Waals surface area contributed by atoms with Crippen LogP contribution in [0.5, 0.6) is 0 Å². The number of hydrogen-bond acceptors (Lipinski definition) is 0. The average molecular weight is 676 g/mol. The lowest BCUT2D eigenvalue weighted by Gasteiger charge is -2.14. The van der Waals surface area contributed by atoms with Crippen LogP contribution in [-0.4, -0.2) is 18.3 Å². The van der Waals surface area contributed by atoms with E-state index in [0.29, 0.717) is 11.4 Å². The molecule has 0 unspecified atom stereocenters. The molecule has 0 atom stereocenters. The van der Waals surface area contributed by atoms with Crippen molar-refractivity contribution >= 4 is 76.5 Å². The Morgan fingerprint density at radius 1 is 0.308 bits per heavy atom. The van der Waals surface area contributed by atoms with Gasteiger partial charge < -0.3 is 18.3 Å². The van der Waals surface area contributed by atoms with Gasteiger partial charge in [0.15, 0.2) is 0 Å². The average Bonchev–Trinajstić information content (AvgIpc) is 4.06. The Kier molecular flexibility index (Phi) is 3.60. The van der Waals surface area contributed by atoms with Crippen LogP contribution in [0.2, 0.25) is 0 Å². The first-order chi connectivity index (χ1) is 31.3. The number of benzene rings is 8. The van der Waals surface area contributed by atoms with Crippen LogP contribution in [0.1, 0.15) is 17.8 Å². The van der Waals surface area contributed by atoms with Crippen LogP contribution in [0.4, 0.5) is 0 Å². The minimum atomic E-state index is -0.564. The van der Waals surface area contributed by atoms with E-state index in [1.807, 2.05) is 54.6 Å². The molecule has 0 aliphatic heterocycles. The molecule has 0 spiro atoms. The first kappa shape index (κ1) is 18.3. The predicted molar refractivity (Wildman–Crippen MR) is 217 cm³/mol. The zero-order chi connectivity index (χ0) is 45.2. The van der Waals surface area contributed by atoms with Crippen molar-refractivity contribution in [3.05, 3.63) is 182 Å². The Morgan fingerprint density at radius 3 is 1.44 bits per heavy atom. The zero-order valence-corrected chi connectivity index (χ0v) is 27.1. The second kappa shape index (κ2) is 10.3. The van der Waals surface area contributed by atoms with Crippen LogP contribution < -0.4 is 0 Å². The molecule has 0 saturated heterocycles. The van der Waals surface area contributed by atoms with Gasteiger partial charge in [0, 0.05) is 55.1 Å². The molecule has 4 heteroatoms. The van der Waals surface area contributed by atoms with Crippen molar-refractivity contribution in [1.29, 1.82) is 0 Å². The Hall–Kier alpha value is -7.04. The number of fused-ring (bicyclic) bond motifs is 6. The van der Waals surface area contributed by atoms with Crippen molar-refractivity contribution < 1.29 is 17.8 Å². The van der Waals surface area contributed by atoms with Gasteiger partial charge in [-0.15, -0.1) is 0 Å². The fourth-order valence-corrected chi connectivity index (χ4v) is 8.05. The van der Waals surface area contributed by atoms with Crippen LogP contribution in [0.3, 0.4) is 0 Å². The molecule has 4 aromatic heterocycles. The summed E-state index contributed by atoms with van der Waals surface area (Å²) < 4.78 is 127. The molecule has 242 valence electrons. The van der Waals surface area contributed by atoms with E-state index in [1.165, 1.54) is 9.13 Å². The number of hydrogen-bond donors (Lipinski definition) is 0. The molecule has 0 saturated carbocycles.